The van der Waals surface area contributed by atoms with E-state index in [0.717, 1.165) is 29.2 Å². The molecule has 0 aliphatic carbocycles. The summed E-state index contributed by atoms with van der Waals surface area (Å²) in [7, 11) is 1.40. The molecule has 12 heteroatoms. The Kier molecular flexibility index (Phi) is 5.34. The van der Waals surface area contributed by atoms with Crippen molar-refractivity contribution >= 4 is 44.8 Å². The summed E-state index contributed by atoms with van der Waals surface area (Å²) in [6, 6.07) is 15.3. The van der Waals surface area contributed by atoms with Crippen LogP contribution < -0.4 is 19.6 Å². The zero-order valence-electron chi connectivity index (χ0n) is 17.9. The molecule has 0 radical (unpaired) electrons. The maximum absolute atomic E-state index is 13.0. The van der Waals surface area contributed by atoms with Gasteiger partial charge in [-0.3, -0.25) is 25.0 Å². The summed E-state index contributed by atoms with van der Waals surface area (Å²) in [6.45, 7) is 0. The number of imidazole rings is 1. The minimum absolute atomic E-state index is 0.163. The van der Waals surface area contributed by atoms with Gasteiger partial charge in [-0.05, 0) is 42.0 Å². The van der Waals surface area contributed by atoms with Gasteiger partial charge in [0.15, 0.2) is 16.5 Å². The highest BCUT2D eigenvalue weighted by molar-refractivity contribution is 7.15. The van der Waals surface area contributed by atoms with Crippen LogP contribution in [0.2, 0.25) is 0 Å². The molecule has 2 heterocycles. The topological polar surface area (TPSA) is 139 Å². The molecule has 0 saturated carbocycles. The van der Waals surface area contributed by atoms with Crippen molar-refractivity contribution < 1.29 is 19.3 Å². The molecule has 0 fully saturated rings. The van der Waals surface area contributed by atoms with Gasteiger partial charge >= 0.3 is 5.69 Å². The van der Waals surface area contributed by atoms with E-state index in [1.807, 2.05) is 24.3 Å². The average molecular weight is 490 g/mol. The van der Waals surface area contributed by atoms with Crippen LogP contribution in [0.1, 0.15) is 5.56 Å². The molecular weight excluding hydrogens is 476 g/mol. The van der Waals surface area contributed by atoms with Gasteiger partial charge in [-0.2, -0.15) is 0 Å². The quantitative estimate of drug-likeness (QED) is 0.256. The van der Waals surface area contributed by atoms with E-state index in [-0.39, 0.29) is 22.8 Å². The second-order valence-corrected chi connectivity index (χ2v) is 8.32. The number of hydrogen-bond acceptors (Lipinski definition) is 9. The summed E-state index contributed by atoms with van der Waals surface area (Å²) in [5.74, 6) is 0.241. The van der Waals surface area contributed by atoms with Gasteiger partial charge in [0.25, 0.3) is 11.2 Å². The first-order valence-corrected chi connectivity index (χ1v) is 10.9. The normalized spacial score (nSPS) is 11.7. The number of nitro groups is 2. The zero-order chi connectivity index (χ0) is 24.7. The van der Waals surface area contributed by atoms with Crippen LogP contribution in [0.3, 0.4) is 0 Å². The Morgan fingerprint density at radius 2 is 1.74 bits per heavy atom. The fraction of sp³-hybridized carbons (Fsp3) is 0.0435. The summed E-state index contributed by atoms with van der Waals surface area (Å²) < 4.78 is 13.1. The molecule has 0 amide bonds. The monoisotopic (exact) mass is 490 g/mol. The van der Waals surface area contributed by atoms with E-state index >= 15 is 0 Å². The van der Waals surface area contributed by atoms with Crippen LogP contribution >= 0.6 is 11.3 Å². The van der Waals surface area contributed by atoms with Crippen LogP contribution in [0.4, 0.5) is 11.4 Å². The molecular formula is C23H14N4O7S. The van der Waals surface area contributed by atoms with E-state index in [9.17, 15) is 25.0 Å². The largest absolute Gasteiger partial charge is 0.493 e. The number of thiazole rings is 1. The molecule has 0 saturated heterocycles. The number of methoxy groups -OCH3 is 1. The third kappa shape index (κ3) is 3.91. The molecule has 0 N–H and O–H groups in total. The zero-order valence-corrected chi connectivity index (χ0v) is 18.7. The Morgan fingerprint density at radius 3 is 2.49 bits per heavy atom. The van der Waals surface area contributed by atoms with Crippen molar-refractivity contribution in [3.05, 3.63) is 101 Å². The maximum Gasteiger partial charge on any atom is 0.318 e. The number of rotatable bonds is 6. The number of aromatic nitrogens is 2. The van der Waals surface area contributed by atoms with Gasteiger partial charge in [0.05, 0.1) is 38.6 Å². The van der Waals surface area contributed by atoms with Gasteiger partial charge in [-0.1, -0.05) is 29.5 Å². The molecule has 0 spiro atoms. The second kappa shape index (κ2) is 8.50. The molecule has 35 heavy (non-hydrogen) atoms. The lowest BCUT2D eigenvalue weighted by molar-refractivity contribution is -0.394. The van der Waals surface area contributed by atoms with E-state index in [0.29, 0.717) is 15.1 Å². The minimum Gasteiger partial charge on any atom is -0.493 e. The van der Waals surface area contributed by atoms with Crippen molar-refractivity contribution in [2.45, 2.75) is 0 Å². The molecule has 5 rings (SSSR count). The van der Waals surface area contributed by atoms with Gasteiger partial charge in [0, 0.05) is 6.07 Å². The van der Waals surface area contributed by atoms with Crippen LogP contribution in [0.5, 0.6) is 17.2 Å². The fourth-order valence-electron chi connectivity index (χ4n) is 3.59. The van der Waals surface area contributed by atoms with E-state index in [2.05, 4.69) is 4.98 Å². The molecule has 0 bridgehead atoms. The Balaban J connectivity index is 1.53. The summed E-state index contributed by atoms with van der Waals surface area (Å²) in [4.78, 5) is 38.9. The van der Waals surface area contributed by atoms with Crippen LogP contribution in [0.25, 0.3) is 22.1 Å². The van der Waals surface area contributed by atoms with E-state index in [1.165, 1.54) is 24.5 Å². The molecule has 3 aromatic carbocycles. The summed E-state index contributed by atoms with van der Waals surface area (Å²) >= 11 is 1.26. The van der Waals surface area contributed by atoms with E-state index < -0.39 is 21.2 Å². The Hall–Kier alpha value is -4.84. The van der Waals surface area contributed by atoms with E-state index in [4.69, 9.17) is 9.47 Å². The smallest absolute Gasteiger partial charge is 0.318 e. The van der Waals surface area contributed by atoms with Gasteiger partial charge in [0.2, 0.25) is 5.75 Å². The summed E-state index contributed by atoms with van der Waals surface area (Å²) in [5.41, 5.74) is 0.935. The number of benzene rings is 3. The molecule has 174 valence electrons. The number of fused-ring (bicyclic) bond motifs is 3. The van der Waals surface area contributed by atoms with Gasteiger partial charge in [-0.25, -0.2) is 9.38 Å². The number of nitro benzene ring substituents is 2. The van der Waals surface area contributed by atoms with Crippen molar-refractivity contribution in [2.75, 3.05) is 7.11 Å². The highest BCUT2D eigenvalue weighted by Gasteiger charge is 2.22. The first kappa shape index (κ1) is 22.0. The van der Waals surface area contributed by atoms with Crippen molar-refractivity contribution in [2.24, 2.45) is 0 Å². The standard InChI is InChI=1S/C23H14N4O7S/c1-33-20-10-13(11-21-22(28)25-16-5-3-2-4-15(16)24-23(25)35-21)6-8-19(20)34-18-9-7-14(26(29)30)12-17(18)27(31)32/h2-12H,1H3/b21-11-. The fourth-order valence-corrected chi connectivity index (χ4v) is 4.58. The SMILES string of the molecule is COc1cc(/C=c2\sc3nc4ccccc4n3c2=O)ccc1Oc1ccc([N+](=O)[O-])cc1[N+](=O)[O-]. The van der Waals surface area contributed by atoms with Gasteiger partial charge in [0.1, 0.15) is 0 Å². The van der Waals surface area contributed by atoms with Crippen molar-refractivity contribution in [3.63, 3.8) is 0 Å². The third-order valence-corrected chi connectivity index (χ3v) is 6.17. The molecule has 0 aliphatic rings. The Bertz CT molecular complexity index is 1760. The molecule has 2 aromatic heterocycles. The predicted octanol–water partition coefficient (Wildman–Crippen LogP) is 4.07. The van der Waals surface area contributed by atoms with Crippen LogP contribution in [-0.4, -0.2) is 26.3 Å². The summed E-state index contributed by atoms with van der Waals surface area (Å²) in [5, 5.41) is 22.3. The van der Waals surface area contributed by atoms with E-state index in [1.54, 1.807) is 22.6 Å². The average Bonchev–Trinajstić information content (AvgIpc) is 3.35. The molecule has 0 aliphatic heterocycles. The lowest BCUT2D eigenvalue weighted by atomic mass is 10.2. The van der Waals surface area contributed by atoms with Crippen LogP contribution in [0, 0.1) is 20.2 Å². The van der Waals surface area contributed by atoms with Crippen LogP contribution in [-0.2, 0) is 0 Å². The minimum atomic E-state index is -0.760. The third-order valence-electron chi connectivity index (χ3n) is 5.20. The molecule has 0 unspecified atom stereocenters. The lowest BCUT2D eigenvalue weighted by Gasteiger charge is -2.11. The number of para-hydroxylation sites is 2. The molecule has 0 atom stereocenters. The van der Waals surface area contributed by atoms with Gasteiger partial charge in [-0.15, -0.1) is 0 Å². The highest BCUT2D eigenvalue weighted by Crippen LogP contribution is 2.38. The number of nitrogens with zero attached hydrogens (tertiary/aromatic N) is 4. The van der Waals surface area contributed by atoms with Gasteiger partial charge < -0.3 is 9.47 Å². The van der Waals surface area contributed by atoms with Crippen molar-refractivity contribution in [1.82, 2.24) is 9.38 Å². The van der Waals surface area contributed by atoms with Crippen molar-refractivity contribution in [3.8, 4) is 17.2 Å². The highest BCUT2D eigenvalue weighted by atomic mass is 32.1. The maximum atomic E-state index is 13.0. The summed E-state index contributed by atoms with van der Waals surface area (Å²) in [6.07, 6.45) is 1.69. The molecule has 11 nitrogen and oxygen atoms in total. The number of ether oxygens (including phenoxy) is 2. The number of non-ortho nitro benzene ring substituents is 1. The van der Waals surface area contributed by atoms with Crippen molar-refractivity contribution in [1.29, 1.82) is 0 Å². The lowest BCUT2D eigenvalue weighted by Crippen LogP contribution is -2.22. The second-order valence-electron chi connectivity index (χ2n) is 7.31. The Labute approximate surface area is 199 Å². The van der Waals surface area contributed by atoms with Crippen LogP contribution in [0.15, 0.2) is 65.5 Å². The Morgan fingerprint density at radius 1 is 0.971 bits per heavy atom. The number of hydrogen-bond donors (Lipinski definition) is 0. The predicted molar refractivity (Wildman–Crippen MR) is 128 cm³/mol. The molecule has 5 aromatic rings. The first-order valence-electron chi connectivity index (χ1n) is 10.1. The first-order chi connectivity index (χ1) is 16.9.